The number of carbonyl (C=O) groups excluding carboxylic acids is 1. The molecule has 0 unspecified atom stereocenters. The lowest BCUT2D eigenvalue weighted by Gasteiger charge is -2.37. The first-order valence-electron chi connectivity index (χ1n) is 13.5. The standard InChI is InChI=1S/C34H33NO6/c1-22-18-23(14-16-29(22)39-2)21-41-32-27-19-28(34(37)38)35(20-26(27)15-17-30(32)40-3)33(36)31(24-10-6-4-7-11-24)25-12-8-5-9-13-25/h4-18,28,31H,19-21H2,1-3H3,(H,37,38)/t28-/m0/s1. The topological polar surface area (TPSA) is 85.3 Å². The van der Waals surface area contributed by atoms with Gasteiger partial charge in [0.05, 0.1) is 20.1 Å². The van der Waals surface area contributed by atoms with Gasteiger partial charge in [0.15, 0.2) is 11.5 Å². The second kappa shape index (κ2) is 12.2. The van der Waals surface area contributed by atoms with E-state index in [0.717, 1.165) is 39.1 Å². The maximum atomic E-state index is 14.2. The van der Waals surface area contributed by atoms with Gasteiger partial charge in [-0.05, 0) is 52.9 Å². The number of hydrogen-bond acceptors (Lipinski definition) is 5. The number of aryl methyl sites for hydroxylation is 1. The van der Waals surface area contributed by atoms with Crippen molar-refractivity contribution < 1.29 is 28.9 Å². The maximum absolute atomic E-state index is 14.2. The number of rotatable bonds is 9. The predicted molar refractivity (Wildman–Crippen MR) is 155 cm³/mol. The van der Waals surface area contributed by atoms with Crippen LogP contribution in [0.25, 0.3) is 0 Å². The molecular formula is C34H33NO6. The number of ether oxygens (including phenoxy) is 3. The number of benzene rings is 4. The normalized spacial score (nSPS) is 14.3. The lowest BCUT2D eigenvalue weighted by Crippen LogP contribution is -2.50. The minimum Gasteiger partial charge on any atom is -0.496 e. The zero-order valence-electron chi connectivity index (χ0n) is 23.4. The predicted octanol–water partition coefficient (Wildman–Crippen LogP) is 5.76. The molecule has 1 heterocycles. The fourth-order valence-corrected chi connectivity index (χ4v) is 5.51. The second-order valence-corrected chi connectivity index (χ2v) is 10.1. The lowest BCUT2D eigenvalue weighted by atomic mass is 9.87. The van der Waals surface area contributed by atoms with Crippen molar-refractivity contribution in [2.75, 3.05) is 14.2 Å². The Morgan fingerprint density at radius 2 is 1.49 bits per heavy atom. The smallest absolute Gasteiger partial charge is 0.326 e. The molecule has 0 aliphatic carbocycles. The molecule has 1 aliphatic rings. The zero-order chi connectivity index (χ0) is 28.9. The minimum absolute atomic E-state index is 0.0981. The molecule has 7 heteroatoms. The number of carbonyl (C=O) groups is 2. The van der Waals surface area contributed by atoms with E-state index in [1.165, 1.54) is 4.90 Å². The van der Waals surface area contributed by atoms with Gasteiger partial charge in [-0.3, -0.25) is 4.79 Å². The number of carboxylic acid groups (broad SMARTS) is 1. The van der Waals surface area contributed by atoms with Gasteiger partial charge in [0.2, 0.25) is 5.91 Å². The average Bonchev–Trinajstić information content (AvgIpc) is 3.00. The van der Waals surface area contributed by atoms with E-state index >= 15 is 0 Å². The zero-order valence-corrected chi connectivity index (χ0v) is 23.4. The maximum Gasteiger partial charge on any atom is 0.326 e. The largest absolute Gasteiger partial charge is 0.496 e. The summed E-state index contributed by atoms with van der Waals surface area (Å²) in [4.78, 5) is 28.3. The van der Waals surface area contributed by atoms with Gasteiger partial charge in [0, 0.05) is 18.5 Å². The number of hydrogen-bond donors (Lipinski definition) is 1. The van der Waals surface area contributed by atoms with E-state index in [9.17, 15) is 14.7 Å². The summed E-state index contributed by atoms with van der Waals surface area (Å²) in [6.07, 6.45) is 0.0981. The molecule has 7 nitrogen and oxygen atoms in total. The van der Waals surface area contributed by atoms with Crippen molar-refractivity contribution in [3.63, 3.8) is 0 Å². The van der Waals surface area contributed by atoms with Crippen LogP contribution in [0.15, 0.2) is 91.0 Å². The van der Waals surface area contributed by atoms with Crippen LogP contribution < -0.4 is 14.2 Å². The molecule has 1 atom stereocenters. The fourth-order valence-electron chi connectivity index (χ4n) is 5.51. The molecule has 210 valence electrons. The molecule has 41 heavy (non-hydrogen) atoms. The van der Waals surface area contributed by atoms with Crippen LogP contribution in [-0.2, 0) is 29.2 Å². The van der Waals surface area contributed by atoms with Crippen LogP contribution in [0.5, 0.6) is 17.2 Å². The molecule has 0 bridgehead atoms. The Morgan fingerprint density at radius 3 is 2.05 bits per heavy atom. The van der Waals surface area contributed by atoms with Crippen LogP contribution in [0.2, 0.25) is 0 Å². The van der Waals surface area contributed by atoms with Gasteiger partial charge in [-0.25, -0.2) is 4.79 Å². The second-order valence-electron chi connectivity index (χ2n) is 10.1. The van der Waals surface area contributed by atoms with Crippen molar-refractivity contribution in [3.05, 3.63) is 124 Å². The molecule has 1 amide bonds. The molecular weight excluding hydrogens is 518 g/mol. The molecule has 0 saturated carbocycles. The van der Waals surface area contributed by atoms with Gasteiger partial charge < -0.3 is 24.2 Å². The summed E-state index contributed by atoms with van der Waals surface area (Å²) in [5, 5.41) is 10.3. The summed E-state index contributed by atoms with van der Waals surface area (Å²) in [6.45, 7) is 2.37. The summed E-state index contributed by atoms with van der Waals surface area (Å²) in [5.74, 6) is -0.144. The van der Waals surface area contributed by atoms with Gasteiger partial charge in [0.1, 0.15) is 18.4 Å². The first kappa shape index (κ1) is 27.8. The number of amides is 1. The van der Waals surface area contributed by atoms with Crippen LogP contribution in [0, 0.1) is 6.92 Å². The third kappa shape index (κ3) is 5.75. The number of carboxylic acids is 1. The number of fused-ring (bicyclic) bond motifs is 1. The summed E-state index contributed by atoms with van der Waals surface area (Å²) < 4.78 is 17.3. The van der Waals surface area contributed by atoms with E-state index in [-0.39, 0.29) is 25.5 Å². The summed E-state index contributed by atoms with van der Waals surface area (Å²) >= 11 is 0. The van der Waals surface area contributed by atoms with E-state index < -0.39 is 17.9 Å². The Kier molecular flexibility index (Phi) is 8.24. The van der Waals surface area contributed by atoms with Crippen LogP contribution in [0.3, 0.4) is 0 Å². The average molecular weight is 552 g/mol. The highest BCUT2D eigenvalue weighted by Crippen LogP contribution is 2.40. The van der Waals surface area contributed by atoms with E-state index in [1.54, 1.807) is 14.2 Å². The van der Waals surface area contributed by atoms with Crippen molar-refractivity contribution in [2.45, 2.75) is 38.5 Å². The van der Waals surface area contributed by atoms with Gasteiger partial charge in [0.25, 0.3) is 0 Å². The summed E-state index contributed by atoms with van der Waals surface area (Å²) in [5.41, 5.74) is 5.12. The molecule has 1 aliphatic heterocycles. The molecule has 1 N–H and O–H groups in total. The molecule has 0 spiro atoms. The van der Waals surface area contributed by atoms with Crippen molar-refractivity contribution in [1.29, 1.82) is 0 Å². The molecule has 0 radical (unpaired) electrons. The minimum atomic E-state index is -1.07. The Labute approximate surface area is 239 Å². The first-order valence-corrected chi connectivity index (χ1v) is 13.5. The number of aliphatic carboxylic acids is 1. The van der Waals surface area contributed by atoms with Crippen molar-refractivity contribution in [1.82, 2.24) is 4.90 Å². The number of methoxy groups -OCH3 is 2. The Morgan fingerprint density at radius 1 is 0.878 bits per heavy atom. The molecule has 0 saturated heterocycles. The first-order chi connectivity index (χ1) is 19.9. The summed E-state index contributed by atoms with van der Waals surface area (Å²) in [7, 11) is 3.19. The molecule has 4 aromatic rings. The number of nitrogens with zero attached hydrogens (tertiary/aromatic N) is 1. The highest BCUT2D eigenvalue weighted by Gasteiger charge is 2.40. The quantitative estimate of drug-likeness (QED) is 0.285. The Hall–Kier alpha value is -4.78. The van der Waals surface area contributed by atoms with E-state index in [4.69, 9.17) is 14.2 Å². The van der Waals surface area contributed by atoms with Crippen LogP contribution in [-0.4, -0.2) is 42.1 Å². The van der Waals surface area contributed by atoms with Crippen molar-refractivity contribution in [3.8, 4) is 17.2 Å². The van der Waals surface area contributed by atoms with Crippen LogP contribution >= 0.6 is 0 Å². The molecule has 0 fully saturated rings. The van der Waals surface area contributed by atoms with E-state index in [1.807, 2.05) is 97.9 Å². The van der Waals surface area contributed by atoms with Gasteiger partial charge >= 0.3 is 5.97 Å². The highest BCUT2D eigenvalue weighted by molar-refractivity contribution is 5.91. The third-order valence-corrected chi connectivity index (χ3v) is 7.58. The van der Waals surface area contributed by atoms with Crippen LogP contribution in [0.1, 0.15) is 39.3 Å². The Bertz CT molecular complexity index is 1500. The third-order valence-electron chi connectivity index (χ3n) is 7.58. The molecule has 5 rings (SSSR count). The van der Waals surface area contributed by atoms with Gasteiger partial charge in [-0.2, -0.15) is 0 Å². The highest BCUT2D eigenvalue weighted by atomic mass is 16.5. The monoisotopic (exact) mass is 551 g/mol. The SMILES string of the molecule is COc1ccc(COc2c(OC)ccc3c2C[C@@H](C(=O)O)N(C(=O)C(c2ccccc2)c2ccccc2)C3)cc1C. The summed E-state index contributed by atoms with van der Waals surface area (Å²) in [6, 6.07) is 27.4. The molecule has 4 aromatic carbocycles. The fraction of sp³-hybridized carbons (Fsp3) is 0.235. The van der Waals surface area contributed by atoms with Crippen molar-refractivity contribution >= 4 is 11.9 Å². The lowest BCUT2D eigenvalue weighted by molar-refractivity contribution is -0.151. The molecule has 0 aromatic heterocycles. The van der Waals surface area contributed by atoms with E-state index in [2.05, 4.69) is 0 Å². The Balaban J connectivity index is 1.49. The van der Waals surface area contributed by atoms with Gasteiger partial charge in [-0.1, -0.05) is 72.8 Å². The van der Waals surface area contributed by atoms with Crippen molar-refractivity contribution in [2.24, 2.45) is 0 Å². The van der Waals surface area contributed by atoms with Gasteiger partial charge in [-0.15, -0.1) is 0 Å². The van der Waals surface area contributed by atoms with E-state index in [0.29, 0.717) is 11.5 Å². The van der Waals surface area contributed by atoms with Crippen LogP contribution in [0.4, 0.5) is 0 Å².